The van der Waals surface area contributed by atoms with Gasteiger partial charge in [-0.2, -0.15) is 0 Å². The van der Waals surface area contributed by atoms with Crippen LogP contribution in [-0.4, -0.2) is 28.0 Å². The average Bonchev–Trinajstić information content (AvgIpc) is 3.02. The Kier molecular flexibility index (Phi) is 4.46. The Bertz CT molecular complexity index is 872. The van der Waals surface area contributed by atoms with E-state index in [0.29, 0.717) is 17.9 Å². The summed E-state index contributed by atoms with van der Waals surface area (Å²) in [6.45, 7) is 4.04. The van der Waals surface area contributed by atoms with Gasteiger partial charge in [-0.3, -0.25) is 9.78 Å². The van der Waals surface area contributed by atoms with E-state index in [4.69, 9.17) is 4.74 Å². The molecule has 1 aromatic carbocycles. The second-order valence-electron chi connectivity index (χ2n) is 5.66. The van der Waals surface area contributed by atoms with E-state index in [9.17, 15) is 4.79 Å². The van der Waals surface area contributed by atoms with Gasteiger partial charge in [-0.25, -0.2) is 4.98 Å². The van der Waals surface area contributed by atoms with Crippen molar-refractivity contribution in [3.8, 4) is 5.75 Å². The number of rotatable bonds is 5. The molecule has 6 heteroatoms. The minimum Gasteiger partial charge on any atom is -0.497 e. The molecule has 0 radical (unpaired) electrons. The van der Waals surface area contributed by atoms with Crippen molar-refractivity contribution < 1.29 is 9.53 Å². The van der Waals surface area contributed by atoms with Gasteiger partial charge in [0.1, 0.15) is 17.3 Å². The summed E-state index contributed by atoms with van der Waals surface area (Å²) >= 11 is 0. The monoisotopic (exact) mass is 324 g/mol. The summed E-state index contributed by atoms with van der Waals surface area (Å²) in [5, 5.41) is 2.98. The molecule has 0 saturated carbocycles. The molecule has 1 amide bonds. The second-order valence-corrected chi connectivity index (χ2v) is 5.66. The summed E-state index contributed by atoms with van der Waals surface area (Å²) in [7, 11) is 1.56. The van der Waals surface area contributed by atoms with Crippen molar-refractivity contribution in [2.24, 2.45) is 0 Å². The van der Waals surface area contributed by atoms with Crippen LogP contribution in [0, 0.1) is 6.92 Å². The first-order chi connectivity index (χ1) is 11.6. The molecule has 0 unspecified atom stereocenters. The smallest absolute Gasteiger partial charge is 0.270 e. The van der Waals surface area contributed by atoms with Crippen molar-refractivity contribution in [1.29, 1.82) is 0 Å². The van der Waals surface area contributed by atoms with Gasteiger partial charge in [-0.1, -0.05) is 13.0 Å². The number of imidazole rings is 1. The first-order valence-corrected chi connectivity index (χ1v) is 7.88. The lowest BCUT2D eigenvalue weighted by Crippen LogP contribution is -2.29. The molecule has 3 aromatic rings. The van der Waals surface area contributed by atoms with Gasteiger partial charge in [0.05, 0.1) is 24.2 Å². The van der Waals surface area contributed by atoms with Crippen LogP contribution in [0.1, 0.15) is 41.3 Å². The lowest BCUT2D eigenvalue weighted by atomic mass is 10.2. The zero-order valence-corrected chi connectivity index (χ0v) is 14.0. The molecule has 0 aliphatic rings. The summed E-state index contributed by atoms with van der Waals surface area (Å²) < 4.78 is 5.13. The van der Waals surface area contributed by atoms with Crippen molar-refractivity contribution in [2.75, 3.05) is 7.11 Å². The van der Waals surface area contributed by atoms with Gasteiger partial charge in [0, 0.05) is 12.3 Å². The van der Waals surface area contributed by atoms with Gasteiger partial charge in [0.15, 0.2) is 0 Å². The number of aromatic nitrogens is 3. The molecule has 2 N–H and O–H groups in total. The van der Waals surface area contributed by atoms with E-state index in [1.54, 1.807) is 25.4 Å². The SMILES string of the molecule is CC[C@H](NC(=O)c1cc(OC)ccn1)c1nc2ccc(C)cc2[nH]1. The highest BCUT2D eigenvalue weighted by atomic mass is 16.5. The van der Waals surface area contributed by atoms with Gasteiger partial charge in [0.25, 0.3) is 5.91 Å². The Morgan fingerprint density at radius 3 is 2.92 bits per heavy atom. The van der Waals surface area contributed by atoms with Gasteiger partial charge < -0.3 is 15.0 Å². The van der Waals surface area contributed by atoms with Crippen LogP contribution in [0.2, 0.25) is 0 Å². The lowest BCUT2D eigenvalue weighted by Gasteiger charge is -2.14. The molecule has 0 aliphatic carbocycles. The zero-order valence-electron chi connectivity index (χ0n) is 14.0. The van der Waals surface area contributed by atoms with Crippen molar-refractivity contribution in [2.45, 2.75) is 26.3 Å². The van der Waals surface area contributed by atoms with Gasteiger partial charge in [0.2, 0.25) is 0 Å². The molecule has 24 heavy (non-hydrogen) atoms. The number of ether oxygens (including phenoxy) is 1. The molecule has 0 bridgehead atoms. The third-order valence-electron chi connectivity index (χ3n) is 3.90. The fraction of sp³-hybridized carbons (Fsp3) is 0.278. The zero-order chi connectivity index (χ0) is 17.1. The molecular formula is C18H20N4O2. The molecule has 6 nitrogen and oxygen atoms in total. The topological polar surface area (TPSA) is 79.9 Å². The predicted molar refractivity (Wildman–Crippen MR) is 92.1 cm³/mol. The fourth-order valence-electron chi connectivity index (χ4n) is 2.57. The number of carbonyl (C=O) groups excluding carboxylic acids is 1. The van der Waals surface area contributed by atoms with Crippen LogP contribution in [0.25, 0.3) is 11.0 Å². The van der Waals surface area contributed by atoms with E-state index < -0.39 is 0 Å². The number of nitrogens with zero attached hydrogens (tertiary/aromatic N) is 2. The fourth-order valence-corrected chi connectivity index (χ4v) is 2.57. The summed E-state index contributed by atoms with van der Waals surface area (Å²) in [4.78, 5) is 24.4. The molecule has 1 atom stereocenters. The molecule has 0 saturated heterocycles. The Hall–Kier alpha value is -2.89. The highest BCUT2D eigenvalue weighted by molar-refractivity contribution is 5.92. The molecule has 3 rings (SSSR count). The van der Waals surface area contributed by atoms with E-state index in [1.807, 2.05) is 32.0 Å². The number of pyridine rings is 1. The molecule has 124 valence electrons. The third kappa shape index (κ3) is 3.22. The molecule has 0 aliphatic heterocycles. The minimum atomic E-state index is -0.252. The maximum Gasteiger partial charge on any atom is 0.270 e. The third-order valence-corrected chi connectivity index (χ3v) is 3.90. The summed E-state index contributed by atoms with van der Waals surface area (Å²) in [5.74, 6) is 1.09. The maximum absolute atomic E-state index is 12.5. The molecular weight excluding hydrogens is 304 g/mol. The van der Waals surface area contributed by atoms with Crippen molar-refractivity contribution in [1.82, 2.24) is 20.3 Å². The summed E-state index contributed by atoms with van der Waals surface area (Å²) in [6, 6.07) is 9.15. The molecule has 0 fully saturated rings. The van der Waals surface area contributed by atoms with Crippen molar-refractivity contribution in [3.63, 3.8) is 0 Å². The first-order valence-electron chi connectivity index (χ1n) is 7.88. The van der Waals surface area contributed by atoms with Gasteiger partial charge in [-0.05, 0) is 37.1 Å². The maximum atomic E-state index is 12.5. The van der Waals surface area contributed by atoms with Crippen LogP contribution >= 0.6 is 0 Å². The Morgan fingerprint density at radius 2 is 2.17 bits per heavy atom. The Balaban J connectivity index is 1.83. The normalized spacial score (nSPS) is 12.1. The number of aryl methyl sites for hydroxylation is 1. The second kappa shape index (κ2) is 6.70. The van der Waals surface area contributed by atoms with Gasteiger partial charge >= 0.3 is 0 Å². The number of carbonyl (C=O) groups is 1. The van der Waals surface area contributed by atoms with Crippen LogP contribution in [0.3, 0.4) is 0 Å². The van der Waals surface area contributed by atoms with Crippen LogP contribution < -0.4 is 10.1 Å². The number of aromatic amines is 1. The quantitative estimate of drug-likeness (QED) is 0.755. The number of amides is 1. The van der Waals surface area contributed by atoms with Crippen LogP contribution in [0.5, 0.6) is 5.75 Å². The first kappa shape index (κ1) is 16.0. The van der Waals surface area contributed by atoms with Gasteiger partial charge in [-0.15, -0.1) is 0 Å². The number of methoxy groups -OCH3 is 1. The highest BCUT2D eigenvalue weighted by Gasteiger charge is 2.18. The minimum absolute atomic E-state index is 0.210. The highest BCUT2D eigenvalue weighted by Crippen LogP contribution is 2.20. The van der Waals surface area contributed by atoms with Crippen LogP contribution in [0.4, 0.5) is 0 Å². The number of hydrogen-bond donors (Lipinski definition) is 2. The summed E-state index contributed by atoms with van der Waals surface area (Å²) in [5.41, 5.74) is 3.34. The lowest BCUT2D eigenvalue weighted by molar-refractivity contribution is 0.0928. The van der Waals surface area contributed by atoms with E-state index in [0.717, 1.165) is 22.4 Å². The van der Waals surface area contributed by atoms with Crippen molar-refractivity contribution in [3.05, 3.63) is 53.6 Å². The number of benzene rings is 1. The van der Waals surface area contributed by atoms with E-state index in [1.165, 1.54) is 0 Å². The average molecular weight is 324 g/mol. The van der Waals surface area contributed by atoms with Crippen molar-refractivity contribution >= 4 is 16.9 Å². The molecule has 0 spiro atoms. The van der Waals surface area contributed by atoms with Crippen LogP contribution in [0.15, 0.2) is 36.5 Å². The standard InChI is InChI=1S/C18H20N4O2/c1-4-13(17-20-14-6-5-11(2)9-15(14)21-17)22-18(23)16-10-12(24-3)7-8-19-16/h5-10,13H,4H2,1-3H3,(H,20,21)(H,22,23)/t13-/m0/s1. The number of nitrogens with one attached hydrogen (secondary N) is 2. The Morgan fingerprint density at radius 1 is 1.33 bits per heavy atom. The van der Waals surface area contributed by atoms with E-state index in [2.05, 4.69) is 20.3 Å². The number of H-pyrrole nitrogens is 1. The summed E-state index contributed by atoms with van der Waals surface area (Å²) in [6.07, 6.45) is 2.27. The molecule has 2 heterocycles. The number of hydrogen-bond acceptors (Lipinski definition) is 4. The largest absolute Gasteiger partial charge is 0.497 e. The van der Waals surface area contributed by atoms with Crippen LogP contribution in [-0.2, 0) is 0 Å². The van der Waals surface area contributed by atoms with E-state index >= 15 is 0 Å². The predicted octanol–water partition coefficient (Wildman–Crippen LogP) is 3.16. The number of fused-ring (bicyclic) bond motifs is 1. The Labute approximate surface area is 140 Å². The molecule has 2 aromatic heterocycles. The van der Waals surface area contributed by atoms with E-state index in [-0.39, 0.29) is 11.9 Å².